The van der Waals surface area contributed by atoms with Crippen LogP contribution in [0, 0.1) is 0 Å². The number of aromatic nitrogens is 4. The van der Waals surface area contributed by atoms with Crippen molar-refractivity contribution in [3.63, 3.8) is 0 Å². The molecule has 28 heavy (non-hydrogen) atoms. The van der Waals surface area contributed by atoms with Crippen LogP contribution in [0.25, 0.3) is 11.8 Å². The third-order valence-electron chi connectivity index (χ3n) is 4.43. The van der Waals surface area contributed by atoms with Crippen molar-refractivity contribution in [1.29, 1.82) is 0 Å². The quantitative estimate of drug-likeness (QED) is 0.693. The molecule has 0 unspecified atom stereocenters. The average Bonchev–Trinajstić information content (AvgIpc) is 3.39. The molecule has 8 heteroatoms. The molecule has 1 N–H and O–H groups in total. The summed E-state index contributed by atoms with van der Waals surface area (Å²) in [5, 5.41) is 13.8. The van der Waals surface area contributed by atoms with Crippen LogP contribution in [0.15, 0.2) is 60.9 Å². The molecule has 3 aromatic rings. The summed E-state index contributed by atoms with van der Waals surface area (Å²) in [7, 11) is 0. The standard InChI is InChI=1S/C20H18N6O2/c27-19(22-16-3-1-4-18(13-16)26-14-21-23-24-26)11-8-15-6-9-17(10-7-15)25-12-2-5-20(25)28/h1,3-4,6-11,13-14H,2,5,12H2,(H,22,27)/b11-8+. The van der Waals surface area contributed by atoms with Crippen molar-refractivity contribution < 1.29 is 9.59 Å². The molecule has 1 saturated heterocycles. The van der Waals surface area contributed by atoms with Gasteiger partial charge >= 0.3 is 0 Å². The topological polar surface area (TPSA) is 93.0 Å². The van der Waals surface area contributed by atoms with Crippen LogP contribution in [-0.2, 0) is 9.59 Å². The number of hydrogen-bond acceptors (Lipinski definition) is 5. The van der Waals surface area contributed by atoms with Crippen LogP contribution in [0.3, 0.4) is 0 Å². The van der Waals surface area contributed by atoms with E-state index in [1.807, 2.05) is 36.4 Å². The van der Waals surface area contributed by atoms with E-state index in [2.05, 4.69) is 20.8 Å². The van der Waals surface area contributed by atoms with E-state index in [-0.39, 0.29) is 11.8 Å². The predicted molar refractivity (Wildman–Crippen MR) is 105 cm³/mol. The summed E-state index contributed by atoms with van der Waals surface area (Å²) in [6.45, 7) is 0.764. The second kappa shape index (κ2) is 7.83. The first-order chi connectivity index (χ1) is 13.7. The lowest BCUT2D eigenvalue weighted by Gasteiger charge is -2.15. The van der Waals surface area contributed by atoms with Crippen molar-refractivity contribution in [3.8, 4) is 5.69 Å². The average molecular weight is 374 g/mol. The first-order valence-electron chi connectivity index (χ1n) is 8.92. The summed E-state index contributed by atoms with van der Waals surface area (Å²) in [4.78, 5) is 25.8. The molecule has 0 saturated carbocycles. The molecule has 0 spiro atoms. The van der Waals surface area contributed by atoms with Crippen molar-refractivity contribution in [3.05, 3.63) is 66.5 Å². The zero-order valence-electron chi connectivity index (χ0n) is 15.0. The summed E-state index contributed by atoms with van der Waals surface area (Å²) in [6.07, 6.45) is 6.20. The minimum atomic E-state index is -0.243. The lowest BCUT2D eigenvalue weighted by molar-refractivity contribution is -0.117. The molecule has 0 radical (unpaired) electrons. The van der Waals surface area contributed by atoms with Crippen LogP contribution in [-0.4, -0.2) is 38.6 Å². The molecule has 0 atom stereocenters. The summed E-state index contributed by atoms with van der Waals surface area (Å²) in [6, 6.07) is 14.8. The molecule has 0 aliphatic carbocycles. The third kappa shape index (κ3) is 3.96. The molecule has 2 heterocycles. The zero-order valence-corrected chi connectivity index (χ0v) is 15.0. The van der Waals surface area contributed by atoms with Gasteiger partial charge in [0.05, 0.1) is 5.69 Å². The summed E-state index contributed by atoms with van der Waals surface area (Å²) < 4.78 is 1.51. The monoisotopic (exact) mass is 374 g/mol. The number of anilines is 2. The van der Waals surface area contributed by atoms with Gasteiger partial charge in [-0.15, -0.1) is 5.10 Å². The minimum Gasteiger partial charge on any atom is -0.322 e. The molecule has 1 aliphatic rings. The molecular weight excluding hydrogens is 356 g/mol. The normalized spacial score (nSPS) is 14.0. The SMILES string of the molecule is O=C(/C=C/c1ccc(N2CCCC2=O)cc1)Nc1cccc(-n2cnnn2)c1. The Hall–Kier alpha value is -3.81. The lowest BCUT2D eigenvalue weighted by Crippen LogP contribution is -2.23. The highest BCUT2D eigenvalue weighted by Crippen LogP contribution is 2.22. The summed E-state index contributed by atoms with van der Waals surface area (Å²) in [5.74, 6) is -0.0840. The van der Waals surface area contributed by atoms with Gasteiger partial charge in [-0.05, 0) is 58.8 Å². The largest absolute Gasteiger partial charge is 0.322 e. The number of carbonyl (C=O) groups excluding carboxylic acids is 2. The van der Waals surface area contributed by atoms with Crippen molar-refractivity contribution in [1.82, 2.24) is 20.2 Å². The van der Waals surface area contributed by atoms with Crippen molar-refractivity contribution in [2.24, 2.45) is 0 Å². The first-order valence-corrected chi connectivity index (χ1v) is 8.92. The van der Waals surface area contributed by atoms with Gasteiger partial charge in [0.25, 0.3) is 0 Å². The highest BCUT2D eigenvalue weighted by molar-refractivity contribution is 6.02. The van der Waals surface area contributed by atoms with E-state index in [9.17, 15) is 9.59 Å². The molecule has 0 bridgehead atoms. The Balaban J connectivity index is 1.39. The highest BCUT2D eigenvalue weighted by Gasteiger charge is 2.21. The number of nitrogens with one attached hydrogen (secondary N) is 1. The second-order valence-electron chi connectivity index (χ2n) is 6.37. The number of carbonyl (C=O) groups is 2. The van der Waals surface area contributed by atoms with Gasteiger partial charge < -0.3 is 10.2 Å². The molecule has 1 aromatic heterocycles. The number of amides is 2. The van der Waals surface area contributed by atoms with E-state index in [4.69, 9.17) is 0 Å². The van der Waals surface area contributed by atoms with E-state index < -0.39 is 0 Å². The maximum absolute atomic E-state index is 12.2. The Kier molecular flexibility index (Phi) is 4.92. The van der Waals surface area contributed by atoms with Gasteiger partial charge in [0.1, 0.15) is 6.33 Å². The third-order valence-corrected chi connectivity index (χ3v) is 4.43. The molecular formula is C20H18N6O2. The summed E-state index contributed by atoms with van der Waals surface area (Å²) >= 11 is 0. The number of tetrazole rings is 1. The number of benzene rings is 2. The van der Waals surface area contributed by atoms with Gasteiger partial charge in [0.2, 0.25) is 11.8 Å². The highest BCUT2D eigenvalue weighted by atomic mass is 16.2. The van der Waals surface area contributed by atoms with Crippen LogP contribution in [0.1, 0.15) is 18.4 Å². The van der Waals surface area contributed by atoms with Crippen molar-refractivity contribution in [2.75, 3.05) is 16.8 Å². The fraction of sp³-hybridized carbons (Fsp3) is 0.150. The first kappa shape index (κ1) is 17.6. The van der Waals surface area contributed by atoms with Crippen LogP contribution in [0.2, 0.25) is 0 Å². The molecule has 8 nitrogen and oxygen atoms in total. The van der Waals surface area contributed by atoms with Crippen molar-refractivity contribution >= 4 is 29.3 Å². The Bertz CT molecular complexity index is 1010. The number of rotatable bonds is 5. The van der Waals surface area contributed by atoms with Gasteiger partial charge in [0, 0.05) is 30.4 Å². The van der Waals surface area contributed by atoms with Crippen LogP contribution in [0.4, 0.5) is 11.4 Å². The van der Waals surface area contributed by atoms with Crippen LogP contribution >= 0.6 is 0 Å². The maximum Gasteiger partial charge on any atom is 0.248 e. The Labute approximate surface area is 161 Å². The number of hydrogen-bond donors (Lipinski definition) is 1. The fourth-order valence-electron chi connectivity index (χ4n) is 3.05. The molecule has 2 amide bonds. The molecule has 140 valence electrons. The Morgan fingerprint density at radius 3 is 2.68 bits per heavy atom. The van der Waals surface area contributed by atoms with Crippen molar-refractivity contribution in [2.45, 2.75) is 12.8 Å². The fourth-order valence-corrected chi connectivity index (χ4v) is 3.05. The van der Waals surface area contributed by atoms with Gasteiger partial charge in [-0.1, -0.05) is 18.2 Å². The van der Waals surface area contributed by atoms with Crippen LogP contribution in [0.5, 0.6) is 0 Å². The van der Waals surface area contributed by atoms with E-state index in [1.165, 1.54) is 17.1 Å². The van der Waals surface area contributed by atoms with Gasteiger partial charge in [0.15, 0.2) is 0 Å². The summed E-state index contributed by atoms with van der Waals surface area (Å²) in [5.41, 5.74) is 3.17. The Morgan fingerprint density at radius 1 is 1.11 bits per heavy atom. The van der Waals surface area contributed by atoms with Crippen LogP contribution < -0.4 is 10.2 Å². The molecule has 1 aliphatic heterocycles. The lowest BCUT2D eigenvalue weighted by atomic mass is 10.2. The van der Waals surface area contributed by atoms with Gasteiger partial charge in [-0.2, -0.15) is 0 Å². The van der Waals surface area contributed by atoms with E-state index in [1.54, 1.807) is 23.1 Å². The second-order valence-corrected chi connectivity index (χ2v) is 6.37. The molecule has 2 aromatic carbocycles. The van der Waals surface area contributed by atoms with Gasteiger partial charge in [-0.3, -0.25) is 9.59 Å². The zero-order chi connectivity index (χ0) is 19.3. The Morgan fingerprint density at radius 2 is 1.96 bits per heavy atom. The smallest absolute Gasteiger partial charge is 0.248 e. The van der Waals surface area contributed by atoms with E-state index >= 15 is 0 Å². The maximum atomic E-state index is 12.2. The molecule has 1 fully saturated rings. The predicted octanol–water partition coefficient (Wildman–Crippen LogP) is 2.44. The van der Waals surface area contributed by atoms with E-state index in [0.717, 1.165) is 29.9 Å². The molecule has 4 rings (SSSR count). The minimum absolute atomic E-state index is 0.159. The van der Waals surface area contributed by atoms with E-state index in [0.29, 0.717) is 12.1 Å². The number of nitrogens with zero attached hydrogens (tertiary/aromatic N) is 5. The van der Waals surface area contributed by atoms with Gasteiger partial charge in [-0.25, -0.2) is 4.68 Å².